The van der Waals surface area contributed by atoms with E-state index in [-0.39, 0.29) is 24.7 Å². The van der Waals surface area contributed by atoms with Gasteiger partial charge in [0.2, 0.25) is 0 Å². The first-order chi connectivity index (χ1) is 10.5. The van der Waals surface area contributed by atoms with Crippen molar-refractivity contribution in [3.8, 4) is 0 Å². The summed E-state index contributed by atoms with van der Waals surface area (Å²) in [6.07, 6.45) is 5.08. The lowest BCUT2D eigenvalue weighted by atomic mass is 10.2. The van der Waals surface area contributed by atoms with Crippen molar-refractivity contribution in [2.75, 3.05) is 6.61 Å². The number of aromatic nitrogens is 2. The maximum Gasteiger partial charge on any atom is 0.330 e. The smallest absolute Gasteiger partial charge is 0.330 e. The predicted molar refractivity (Wildman–Crippen MR) is 77.5 cm³/mol. The molecular weight excluding hydrogens is 292 g/mol. The van der Waals surface area contributed by atoms with Crippen LogP contribution in [0.4, 0.5) is 0 Å². The van der Waals surface area contributed by atoms with Crippen molar-refractivity contribution in [1.29, 1.82) is 0 Å². The molecule has 1 aromatic rings. The third-order valence-corrected chi connectivity index (χ3v) is 3.42. The fourth-order valence-electron chi connectivity index (χ4n) is 2.28. The Morgan fingerprint density at radius 1 is 1.45 bits per heavy atom. The minimum Gasteiger partial charge on any atom is -0.481 e. The van der Waals surface area contributed by atoms with Crippen molar-refractivity contribution < 1.29 is 19.7 Å². The van der Waals surface area contributed by atoms with Crippen LogP contribution in [0, 0.1) is 0 Å². The number of carbonyl (C=O) groups is 1. The van der Waals surface area contributed by atoms with Crippen LogP contribution in [0.1, 0.15) is 37.5 Å². The van der Waals surface area contributed by atoms with E-state index in [0.717, 1.165) is 0 Å². The van der Waals surface area contributed by atoms with Gasteiger partial charge in [-0.1, -0.05) is 12.2 Å². The summed E-state index contributed by atoms with van der Waals surface area (Å²) >= 11 is 0. The number of nitrogens with zero attached hydrogens (tertiary/aromatic N) is 1. The summed E-state index contributed by atoms with van der Waals surface area (Å²) in [5.41, 5.74) is -0.859. The van der Waals surface area contributed by atoms with Crippen molar-refractivity contribution in [3.05, 3.63) is 38.7 Å². The van der Waals surface area contributed by atoms with Gasteiger partial charge >= 0.3 is 11.7 Å². The summed E-state index contributed by atoms with van der Waals surface area (Å²) in [4.78, 5) is 36.2. The lowest BCUT2D eigenvalue weighted by Crippen LogP contribution is -2.33. The molecule has 0 saturated carbocycles. The fraction of sp³-hybridized carbons (Fsp3) is 0.500. The van der Waals surface area contributed by atoms with Crippen LogP contribution >= 0.6 is 0 Å². The summed E-state index contributed by atoms with van der Waals surface area (Å²) in [6.45, 7) is -0.115. The number of carboxylic acids is 1. The van der Waals surface area contributed by atoms with Crippen molar-refractivity contribution in [2.45, 2.75) is 38.0 Å². The Morgan fingerprint density at radius 2 is 2.23 bits per heavy atom. The number of aliphatic hydroxyl groups excluding tert-OH is 1. The van der Waals surface area contributed by atoms with E-state index in [1.54, 1.807) is 6.08 Å². The van der Waals surface area contributed by atoms with Crippen molar-refractivity contribution in [1.82, 2.24) is 9.55 Å². The summed E-state index contributed by atoms with van der Waals surface area (Å²) in [7, 11) is 0. The second kappa shape index (κ2) is 7.19. The third kappa shape index (κ3) is 3.92. The molecular formula is C14H18N2O6. The van der Waals surface area contributed by atoms with Gasteiger partial charge in [0.05, 0.1) is 18.3 Å². The van der Waals surface area contributed by atoms with E-state index >= 15 is 0 Å². The summed E-state index contributed by atoms with van der Waals surface area (Å²) in [5, 5.41) is 17.6. The topological polar surface area (TPSA) is 122 Å². The molecule has 2 heterocycles. The largest absolute Gasteiger partial charge is 0.481 e. The Hall–Kier alpha value is -2.19. The molecule has 0 unspecified atom stereocenters. The van der Waals surface area contributed by atoms with Crippen LogP contribution in [-0.4, -0.2) is 38.4 Å². The Bertz CT molecular complexity index is 675. The van der Waals surface area contributed by atoms with Crippen LogP contribution < -0.4 is 11.2 Å². The van der Waals surface area contributed by atoms with Crippen LogP contribution in [0.25, 0.3) is 6.08 Å². The average molecular weight is 310 g/mol. The van der Waals surface area contributed by atoms with Crippen molar-refractivity contribution >= 4 is 12.0 Å². The maximum atomic E-state index is 11.9. The van der Waals surface area contributed by atoms with Gasteiger partial charge in [-0.25, -0.2) is 4.79 Å². The van der Waals surface area contributed by atoms with Gasteiger partial charge in [0.25, 0.3) is 5.56 Å². The lowest BCUT2D eigenvalue weighted by Gasteiger charge is -2.15. The first kappa shape index (κ1) is 16.2. The molecule has 0 bridgehead atoms. The molecule has 1 saturated heterocycles. The quantitative estimate of drug-likeness (QED) is 0.684. The van der Waals surface area contributed by atoms with E-state index in [4.69, 9.17) is 14.9 Å². The molecule has 0 amide bonds. The summed E-state index contributed by atoms with van der Waals surface area (Å²) < 4.78 is 6.80. The highest BCUT2D eigenvalue weighted by Gasteiger charge is 2.26. The molecule has 0 aliphatic carbocycles. The number of ether oxygens (including phenoxy) is 1. The van der Waals surface area contributed by atoms with Crippen LogP contribution in [0.5, 0.6) is 0 Å². The Kier molecular flexibility index (Phi) is 5.29. The number of nitrogens with one attached hydrogen (secondary N) is 1. The number of carboxylic acid groups (broad SMARTS) is 1. The van der Waals surface area contributed by atoms with Crippen molar-refractivity contribution in [3.63, 3.8) is 0 Å². The molecule has 0 spiro atoms. The van der Waals surface area contributed by atoms with Gasteiger partial charge in [0.15, 0.2) is 0 Å². The van der Waals surface area contributed by atoms with Crippen molar-refractivity contribution in [2.24, 2.45) is 0 Å². The molecule has 8 nitrogen and oxygen atoms in total. The molecule has 1 fully saturated rings. The molecule has 2 rings (SSSR count). The highest BCUT2D eigenvalue weighted by molar-refractivity contribution is 5.67. The van der Waals surface area contributed by atoms with Gasteiger partial charge in [-0.3, -0.25) is 19.1 Å². The zero-order valence-electron chi connectivity index (χ0n) is 11.9. The highest BCUT2D eigenvalue weighted by Crippen LogP contribution is 2.26. The van der Waals surface area contributed by atoms with E-state index in [2.05, 4.69) is 4.98 Å². The average Bonchev–Trinajstić information content (AvgIpc) is 2.94. The second-order valence-electron chi connectivity index (χ2n) is 5.06. The van der Waals surface area contributed by atoms with E-state index in [1.165, 1.54) is 16.8 Å². The zero-order chi connectivity index (χ0) is 16.1. The van der Waals surface area contributed by atoms with Gasteiger partial charge in [-0.15, -0.1) is 0 Å². The summed E-state index contributed by atoms with van der Waals surface area (Å²) in [6, 6.07) is 0. The molecule has 3 N–H and O–H groups in total. The van der Waals surface area contributed by atoms with Crippen LogP contribution in [0.15, 0.2) is 21.9 Å². The van der Waals surface area contributed by atoms with E-state index in [1.807, 2.05) is 0 Å². The Labute approximate surface area is 125 Å². The zero-order valence-corrected chi connectivity index (χ0v) is 11.9. The van der Waals surface area contributed by atoms with Crippen LogP contribution in [0.3, 0.4) is 0 Å². The van der Waals surface area contributed by atoms with E-state index in [9.17, 15) is 14.4 Å². The minimum atomic E-state index is -0.919. The first-order valence-corrected chi connectivity index (χ1v) is 7.01. The molecule has 1 aliphatic heterocycles. The van der Waals surface area contributed by atoms with E-state index < -0.39 is 23.4 Å². The molecule has 8 heteroatoms. The highest BCUT2D eigenvalue weighted by atomic mass is 16.5. The van der Waals surface area contributed by atoms with Gasteiger partial charge in [0, 0.05) is 12.6 Å². The third-order valence-electron chi connectivity index (χ3n) is 3.42. The van der Waals surface area contributed by atoms with Crippen LogP contribution in [0.2, 0.25) is 0 Å². The number of hydrogen-bond acceptors (Lipinski definition) is 5. The molecule has 0 aromatic carbocycles. The second-order valence-corrected chi connectivity index (χ2v) is 5.06. The molecule has 1 aromatic heterocycles. The molecule has 1 aliphatic rings. The number of allylic oxidation sites excluding steroid dienone is 1. The maximum absolute atomic E-state index is 11.9. The Balaban J connectivity index is 2.18. The number of aliphatic hydroxyl groups is 1. The number of aromatic amines is 1. The molecule has 120 valence electrons. The first-order valence-electron chi connectivity index (χ1n) is 7.01. The minimum absolute atomic E-state index is 0.0298. The van der Waals surface area contributed by atoms with E-state index in [0.29, 0.717) is 19.3 Å². The number of H-pyrrole nitrogens is 1. The summed E-state index contributed by atoms with van der Waals surface area (Å²) in [5.74, 6) is -0.919. The lowest BCUT2D eigenvalue weighted by molar-refractivity contribution is -0.136. The van der Waals surface area contributed by atoms with Gasteiger partial charge < -0.3 is 14.9 Å². The monoisotopic (exact) mass is 310 g/mol. The van der Waals surface area contributed by atoms with Gasteiger partial charge in [-0.2, -0.15) is 0 Å². The van der Waals surface area contributed by atoms with Gasteiger partial charge in [-0.05, 0) is 19.3 Å². The standard InChI is InChI=1S/C14H18N2O6/c17-8-10-5-6-11(22-10)16-7-9(13(20)15-14(16)21)3-1-2-4-12(18)19/h1,3,7,10-11,17H,2,4-6,8H2,(H,18,19)(H,15,20,21)/b3-1+/t10-,11+/m0/s1. The normalized spacial score (nSPS) is 21.5. The van der Waals surface area contributed by atoms with Gasteiger partial charge in [0.1, 0.15) is 6.23 Å². The number of rotatable bonds is 6. The Morgan fingerprint density at radius 3 is 2.86 bits per heavy atom. The predicted octanol–water partition coefficient (Wildman–Crippen LogP) is 0.0845. The molecule has 2 atom stereocenters. The number of aliphatic carboxylic acids is 1. The molecule has 22 heavy (non-hydrogen) atoms. The number of hydrogen-bond donors (Lipinski definition) is 3. The molecule has 0 radical (unpaired) electrons. The fourth-order valence-corrected chi connectivity index (χ4v) is 2.28. The van der Waals surface area contributed by atoms with Crippen LogP contribution in [-0.2, 0) is 9.53 Å². The SMILES string of the molecule is O=C(O)CC/C=C/c1cn([C@H]2CC[C@@H](CO)O2)c(=O)[nH]c1=O.